The van der Waals surface area contributed by atoms with Gasteiger partial charge in [0.15, 0.2) is 5.75 Å². The number of rotatable bonds is 9. The predicted octanol–water partition coefficient (Wildman–Crippen LogP) is 4.60. The molecule has 4 aromatic rings. The molecule has 3 aromatic carbocycles. The number of likely N-dealkylation sites (N-methyl/N-ethyl adjacent to an activating group) is 1. The summed E-state index contributed by atoms with van der Waals surface area (Å²) in [6, 6.07) is 19.5. The van der Waals surface area contributed by atoms with Crippen LogP contribution in [0.1, 0.15) is 34.6 Å². The van der Waals surface area contributed by atoms with Crippen molar-refractivity contribution < 1.29 is 27.9 Å². The molecule has 1 aliphatic heterocycles. The molecule has 1 aromatic heterocycles. The number of thiazole rings is 1. The van der Waals surface area contributed by atoms with E-state index in [1.54, 1.807) is 66.6 Å². The number of sulfonamides is 1. The smallest absolute Gasteiger partial charge is 0.258 e. The van der Waals surface area contributed by atoms with Crippen LogP contribution in [0.15, 0.2) is 89.3 Å². The average molecular weight is 635 g/mol. The molecule has 12 heteroatoms. The number of ether oxygens (including phenoxy) is 1. The highest BCUT2D eigenvalue weighted by Crippen LogP contribution is 2.35. The maximum atomic E-state index is 13.8. The van der Waals surface area contributed by atoms with Crippen LogP contribution in [0.5, 0.6) is 5.75 Å². The van der Waals surface area contributed by atoms with Gasteiger partial charge in [-0.1, -0.05) is 43.3 Å². The monoisotopic (exact) mass is 634 g/mol. The molecular formula is C32H34N4O6S2. The zero-order chi connectivity index (χ0) is 31.4. The fraction of sp³-hybridized carbons (Fsp3) is 0.281. The summed E-state index contributed by atoms with van der Waals surface area (Å²) in [6.45, 7) is 3.57. The minimum absolute atomic E-state index is 0.0200. The Morgan fingerprint density at radius 1 is 1.14 bits per heavy atom. The molecule has 2 N–H and O–H groups in total. The van der Waals surface area contributed by atoms with Crippen molar-refractivity contribution >= 4 is 38.9 Å². The minimum Gasteiger partial charge on any atom is -0.486 e. The maximum Gasteiger partial charge on any atom is 0.258 e. The Morgan fingerprint density at radius 2 is 1.86 bits per heavy atom. The lowest BCUT2D eigenvalue weighted by Gasteiger charge is -2.38. The van der Waals surface area contributed by atoms with Crippen LogP contribution in [0.3, 0.4) is 0 Å². The highest BCUT2D eigenvalue weighted by Gasteiger charge is 2.36. The molecule has 0 saturated carbocycles. The average Bonchev–Trinajstić information content (AvgIpc) is 3.58. The molecule has 0 unspecified atom stereocenters. The zero-order valence-electron chi connectivity index (χ0n) is 24.6. The van der Waals surface area contributed by atoms with E-state index >= 15 is 0 Å². The first-order chi connectivity index (χ1) is 21.1. The number of aromatic nitrogens is 1. The number of benzene rings is 3. The molecule has 2 heterocycles. The van der Waals surface area contributed by atoms with Gasteiger partial charge in [0.05, 0.1) is 35.3 Å². The quantitative estimate of drug-likeness (QED) is 0.275. The molecule has 0 spiro atoms. The predicted molar refractivity (Wildman–Crippen MR) is 169 cm³/mol. The first kappa shape index (κ1) is 31.3. The first-order valence-corrected chi connectivity index (χ1v) is 16.5. The van der Waals surface area contributed by atoms with Gasteiger partial charge in [-0.2, -0.15) is 4.31 Å². The molecule has 0 radical (unpaired) electrons. The lowest BCUT2D eigenvalue weighted by molar-refractivity contribution is 0.0388. The van der Waals surface area contributed by atoms with Gasteiger partial charge in [-0.15, -0.1) is 11.3 Å². The summed E-state index contributed by atoms with van der Waals surface area (Å²) in [6.07, 6.45) is 1.02. The third-order valence-corrected chi connectivity index (χ3v) is 10.3. The fourth-order valence-corrected chi connectivity index (χ4v) is 6.86. The van der Waals surface area contributed by atoms with Crippen LogP contribution in [-0.4, -0.2) is 78.4 Å². The number of carbonyl (C=O) groups is 2. The summed E-state index contributed by atoms with van der Waals surface area (Å²) < 4.78 is 34.4. The lowest BCUT2D eigenvalue weighted by atomic mass is 9.99. The fourth-order valence-electron chi connectivity index (χ4n) is 5.01. The molecule has 2 amide bonds. The molecule has 1 aliphatic rings. The Hall–Kier alpha value is -4.10. The summed E-state index contributed by atoms with van der Waals surface area (Å²) in [5.41, 5.74) is 1.76. The van der Waals surface area contributed by atoms with E-state index in [4.69, 9.17) is 4.74 Å². The van der Waals surface area contributed by atoms with Crippen LogP contribution in [0.25, 0.3) is 10.6 Å². The highest BCUT2D eigenvalue weighted by molar-refractivity contribution is 7.89. The van der Waals surface area contributed by atoms with Crippen molar-refractivity contribution in [1.82, 2.24) is 14.2 Å². The van der Waals surface area contributed by atoms with Crippen LogP contribution in [0, 0.1) is 5.92 Å². The third kappa shape index (κ3) is 6.53. The number of nitrogens with zero attached hydrogens (tertiary/aromatic N) is 3. The Labute approximate surface area is 261 Å². The second-order valence-electron chi connectivity index (χ2n) is 10.8. The summed E-state index contributed by atoms with van der Waals surface area (Å²) in [5.74, 6) is -0.962. The Morgan fingerprint density at radius 3 is 2.52 bits per heavy atom. The van der Waals surface area contributed by atoms with Crippen molar-refractivity contribution in [3.8, 4) is 16.3 Å². The molecule has 44 heavy (non-hydrogen) atoms. The second-order valence-corrected chi connectivity index (χ2v) is 13.7. The second kappa shape index (κ2) is 13.3. The van der Waals surface area contributed by atoms with Gasteiger partial charge in [0, 0.05) is 42.2 Å². The van der Waals surface area contributed by atoms with Gasteiger partial charge in [0.25, 0.3) is 11.8 Å². The molecule has 0 bridgehead atoms. The number of para-hydroxylation sites is 1. The number of anilines is 1. The van der Waals surface area contributed by atoms with Crippen LogP contribution < -0.4 is 10.1 Å². The lowest BCUT2D eigenvalue weighted by Crippen LogP contribution is -2.50. The highest BCUT2D eigenvalue weighted by atomic mass is 32.2. The number of nitrogens with one attached hydrogen (secondary N) is 1. The van der Waals surface area contributed by atoms with E-state index in [2.05, 4.69) is 10.3 Å². The van der Waals surface area contributed by atoms with Crippen molar-refractivity contribution in [3.05, 3.63) is 95.5 Å². The molecule has 3 atom stereocenters. The van der Waals surface area contributed by atoms with E-state index in [0.29, 0.717) is 5.56 Å². The summed E-state index contributed by atoms with van der Waals surface area (Å²) in [5, 5.41) is 15.6. The van der Waals surface area contributed by atoms with Crippen LogP contribution in [0.2, 0.25) is 0 Å². The van der Waals surface area contributed by atoms with Crippen molar-refractivity contribution in [1.29, 1.82) is 0 Å². The van der Waals surface area contributed by atoms with Crippen LogP contribution >= 0.6 is 11.3 Å². The first-order valence-electron chi connectivity index (χ1n) is 14.1. The number of amides is 2. The van der Waals surface area contributed by atoms with Crippen molar-refractivity contribution in [3.63, 3.8) is 0 Å². The largest absolute Gasteiger partial charge is 0.486 e. The Bertz CT molecular complexity index is 1710. The van der Waals surface area contributed by atoms with E-state index in [1.165, 1.54) is 34.8 Å². The standard InChI is InChI=1S/C32H34N4O6S2/c1-21-18-36(22(2)20-37)32(39)26-10-7-11-27(34-30(38)23-12-14-24(15-13-23)31-33-16-17-43-31)29(26)42-28(21)19-35(3)44(40,41)25-8-5-4-6-9-25/h4-17,21-22,28,37H,18-20H2,1-3H3,(H,34,38)/t21-,22-,28-/m0/s1. The SMILES string of the molecule is C[C@H]1CN([C@@H](C)CO)C(=O)c2cccc(NC(=O)c3ccc(-c4nccs4)cc3)c2O[C@H]1CN(C)S(=O)(=O)c1ccccc1. The van der Waals surface area contributed by atoms with Crippen molar-refractivity contribution in [2.24, 2.45) is 5.92 Å². The Balaban J connectivity index is 1.47. The number of hydrogen-bond donors (Lipinski definition) is 2. The van der Waals surface area contributed by atoms with Crippen LogP contribution in [0.4, 0.5) is 5.69 Å². The molecule has 0 aliphatic carbocycles. The van der Waals surface area contributed by atoms with Gasteiger partial charge in [-0.3, -0.25) is 9.59 Å². The molecule has 10 nitrogen and oxygen atoms in total. The topological polar surface area (TPSA) is 129 Å². The molecule has 0 saturated heterocycles. The number of carbonyl (C=O) groups excluding carboxylic acids is 2. The third-order valence-electron chi connectivity index (χ3n) is 7.65. The summed E-state index contributed by atoms with van der Waals surface area (Å²) in [7, 11) is -2.34. The van der Waals surface area contributed by atoms with Gasteiger partial charge in [-0.25, -0.2) is 13.4 Å². The normalized spacial score (nSPS) is 17.8. The van der Waals surface area contributed by atoms with Gasteiger partial charge < -0.3 is 20.1 Å². The van der Waals surface area contributed by atoms with Crippen molar-refractivity contribution in [2.75, 3.05) is 32.1 Å². The van der Waals surface area contributed by atoms with Gasteiger partial charge in [-0.05, 0) is 43.3 Å². The number of hydrogen-bond acceptors (Lipinski definition) is 8. The number of aliphatic hydroxyl groups excluding tert-OH is 1. The minimum atomic E-state index is -3.83. The molecule has 0 fully saturated rings. The maximum absolute atomic E-state index is 13.8. The molecular weight excluding hydrogens is 601 g/mol. The number of aliphatic hydroxyl groups is 1. The van der Waals surface area contributed by atoms with Crippen molar-refractivity contribution in [2.45, 2.75) is 30.9 Å². The van der Waals surface area contributed by atoms with Gasteiger partial charge in [0.1, 0.15) is 11.1 Å². The van der Waals surface area contributed by atoms with Gasteiger partial charge in [0.2, 0.25) is 10.0 Å². The number of fused-ring (bicyclic) bond motifs is 1. The molecule has 230 valence electrons. The zero-order valence-corrected chi connectivity index (χ0v) is 26.2. The van der Waals surface area contributed by atoms with E-state index in [-0.39, 0.29) is 53.4 Å². The van der Waals surface area contributed by atoms with E-state index < -0.39 is 28.1 Å². The van der Waals surface area contributed by atoms with Gasteiger partial charge >= 0.3 is 0 Å². The van der Waals surface area contributed by atoms with Crippen LogP contribution in [-0.2, 0) is 10.0 Å². The summed E-state index contributed by atoms with van der Waals surface area (Å²) >= 11 is 1.50. The Kier molecular flexibility index (Phi) is 9.45. The summed E-state index contributed by atoms with van der Waals surface area (Å²) in [4.78, 5) is 33.2. The van der Waals surface area contributed by atoms with E-state index in [0.717, 1.165) is 10.6 Å². The van der Waals surface area contributed by atoms with E-state index in [9.17, 15) is 23.1 Å². The molecule has 5 rings (SSSR count). The van der Waals surface area contributed by atoms with E-state index in [1.807, 2.05) is 24.4 Å².